The van der Waals surface area contributed by atoms with E-state index in [-0.39, 0.29) is 16.2 Å². The zero-order valence-electron chi connectivity index (χ0n) is 24.2. The molecule has 1 N–H and O–H groups in total. The summed E-state index contributed by atoms with van der Waals surface area (Å²) < 4.78 is 2.33. The summed E-state index contributed by atoms with van der Waals surface area (Å²) >= 11 is 0. The Hall–Kier alpha value is -3.59. The fraction of sp³-hybridized carbons (Fsp3) is 0.343. The molecule has 0 amide bonds. The topological polar surface area (TPSA) is 33.6 Å². The van der Waals surface area contributed by atoms with Crippen molar-refractivity contribution < 1.29 is 0 Å². The van der Waals surface area contributed by atoms with Crippen molar-refractivity contribution in [1.29, 1.82) is 0 Å². The maximum absolute atomic E-state index is 5.20. The van der Waals surface area contributed by atoms with Gasteiger partial charge in [-0.1, -0.05) is 80.5 Å². The molecule has 0 saturated heterocycles. The van der Waals surface area contributed by atoms with Gasteiger partial charge in [0.05, 0.1) is 11.0 Å². The van der Waals surface area contributed by atoms with Crippen LogP contribution < -0.4 is 0 Å². The van der Waals surface area contributed by atoms with Crippen molar-refractivity contribution in [2.24, 2.45) is 0 Å². The van der Waals surface area contributed by atoms with Gasteiger partial charge in [0.15, 0.2) is 0 Å². The monoisotopic (exact) mass is 501 g/mol. The van der Waals surface area contributed by atoms with Gasteiger partial charge in [-0.2, -0.15) is 0 Å². The zero-order chi connectivity index (χ0) is 27.2. The van der Waals surface area contributed by atoms with E-state index in [2.05, 4.69) is 139 Å². The van der Waals surface area contributed by atoms with Crippen molar-refractivity contribution in [1.82, 2.24) is 14.5 Å². The number of aromatic nitrogens is 3. The number of hydrogen-bond donors (Lipinski definition) is 1. The summed E-state index contributed by atoms with van der Waals surface area (Å²) in [6.45, 7) is 20.5. The SMILES string of the molecule is CC(C)(C)c1ccc2[nH]c3nc(-n4c5ccc(C(C)(C)C)cc5c5cc(C(C)(C)C)ccc54)ccc3c2c1. The third-order valence-corrected chi connectivity index (χ3v) is 8.04. The maximum Gasteiger partial charge on any atom is 0.140 e. The van der Waals surface area contributed by atoms with Gasteiger partial charge in [-0.3, -0.25) is 4.57 Å². The molecule has 6 aromatic rings. The van der Waals surface area contributed by atoms with Crippen LogP contribution in [0.4, 0.5) is 0 Å². The number of nitrogens with zero attached hydrogens (tertiary/aromatic N) is 2. The lowest BCUT2D eigenvalue weighted by molar-refractivity contribution is 0.590. The molecule has 3 heteroatoms. The average molecular weight is 502 g/mol. The van der Waals surface area contributed by atoms with Crippen LogP contribution in [-0.4, -0.2) is 14.5 Å². The van der Waals surface area contributed by atoms with Gasteiger partial charge in [-0.25, -0.2) is 4.98 Å². The average Bonchev–Trinajstić information content (AvgIpc) is 3.36. The zero-order valence-corrected chi connectivity index (χ0v) is 24.2. The molecule has 0 bridgehead atoms. The van der Waals surface area contributed by atoms with E-state index in [0.717, 1.165) is 17.0 Å². The minimum Gasteiger partial charge on any atom is -0.339 e. The van der Waals surface area contributed by atoms with Gasteiger partial charge in [-0.05, 0) is 81.5 Å². The largest absolute Gasteiger partial charge is 0.339 e. The lowest BCUT2D eigenvalue weighted by Crippen LogP contribution is -2.10. The van der Waals surface area contributed by atoms with Gasteiger partial charge >= 0.3 is 0 Å². The number of pyridine rings is 1. The molecule has 0 radical (unpaired) electrons. The second kappa shape index (κ2) is 7.96. The molecule has 3 aromatic carbocycles. The van der Waals surface area contributed by atoms with Crippen LogP contribution >= 0.6 is 0 Å². The van der Waals surface area contributed by atoms with Crippen LogP contribution in [0.5, 0.6) is 0 Å². The molecule has 194 valence electrons. The third kappa shape index (κ3) is 3.91. The fourth-order valence-corrected chi connectivity index (χ4v) is 5.56. The summed E-state index contributed by atoms with van der Waals surface area (Å²) in [4.78, 5) is 8.79. The molecule has 0 fully saturated rings. The number of benzene rings is 3. The number of H-pyrrole nitrogens is 1. The first-order chi connectivity index (χ1) is 17.7. The molecular formula is C35H39N3. The number of nitrogens with one attached hydrogen (secondary N) is 1. The number of aromatic amines is 1. The molecule has 0 aliphatic rings. The van der Waals surface area contributed by atoms with Crippen molar-refractivity contribution >= 4 is 43.7 Å². The molecule has 0 aliphatic carbocycles. The summed E-state index contributed by atoms with van der Waals surface area (Å²) in [5.41, 5.74) is 8.73. The molecule has 3 aromatic heterocycles. The van der Waals surface area contributed by atoms with Crippen molar-refractivity contribution in [2.75, 3.05) is 0 Å². The minimum absolute atomic E-state index is 0.0810. The van der Waals surface area contributed by atoms with Crippen LogP contribution in [0.1, 0.15) is 79.0 Å². The number of hydrogen-bond acceptors (Lipinski definition) is 1. The lowest BCUT2D eigenvalue weighted by atomic mass is 9.85. The third-order valence-electron chi connectivity index (χ3n) is 8.04. The molecule has 3 heterocycles. The summed E-state index contributed by atoms with van der Waals surface area (Å²) in [5.74, 6) is 0.937. The van der Waals surface area contributed by atoms with E-state index >= 15 is 0 Å². The first-order valence-electron chi connectivity index (χ1n) is 13.7. The van der Waals surface area contributed by atoms with E-state index in [0.29, 0.717) is 0 Å². The molecule has 0 atom stereocenters. The van der Waals surface area contributed by atoms with Crippen molar-refractivity contribution in [3.63, 3.8) is 0 Å². The molecule has 3 nitrogen and oxygen atoms in total. The highest BCUT2D eigenvalue weighted by Crippen LogP contribution is 2.38. The Morgan fingerprint density at radius 3 is 1.50 bits per heavy atom. The summed E-state index contributed by atoms with van der Waals surface area (Å²) in [7, 11) is 0. The standard InChI is InChI=1S/C35H39N3/c1-33(2,3)21-10-14-28-25(18-21)24-13-17-31(37-32(24)36-28)38-29-15-11-22(34(4,5)6)19-26(29)27-20-23(35(7,8)9)12-16-30(27)38/h10-20H,1-9H3,(H,36,37). The molecule has 0 aliphatic heterocycles. The van der Waals surface area contributed by atoms with E-state index < -0.39 is 0 Å². The Morgan fingerprint density at radius 1 is 0.526 bits per heavy atom. The molecule has 0 spiro atoms. The predicted molar refractivity (Wildman–Crippen MR) is 164 cm³/mol. The van der Waals surface area contributed by atoms with E-state index in [9.17, 15) is 0 Å². The Kier molecular flexibility index (Phi) is 5.18. The van der Waals surface area contributed by atoms with Crippen LogP contribution in [0.25, 0.3) is 49.6 Å². The fourth-order valence-electron chi connectivity index (χ4n) is 5.56. The second-order valence-electron chi connectivity index (χ2n) is 14.0. The van der Waals surface area contributed by atoms with E-state index in [1.54, 1.807) is 0 Å². The summed E-state index contributed by atoms with van der Waals surface area (Å²) in [5, 5.41) is 4.97. The van der Waals surface area contributed by atoms with Gasteiger partial charge in [0.2, 0.25) is 0 Å². The van der Waals surface area contributed by atoms with Crippen molar-refractivity contribution in [3.05, 3.63) is 83.4 Å². The van der Waals surface area contributed by atoms with Gasteiger partial charge in [-0.15, -0.1) is 0 Å². The Balaban J connectivity index is 1.63. The molecule has 6 rings (SSSR count). The lowest BCUT2D eigenvalue weighted by Gasteiger charge is -2.19. The summed E-state index contributed by atoms with van der Waals surface area (Å²) in [6, 6.07) is 25.0. The van der Waals surface area contributed by atoms with Gasteiger partial charge in [0.1, 0.15) is 11.5 Å². The highest BCUT2D eigenvalue weighted by Gasteiger charge is 2.22. The first kappa shape index (κ1) is 24.7. The van der Waals surface area contributed by atoms with Crippen LogP contribution in [0.3, 0.4) is 0 Å². The van der Waals surface area contributed by atoms with E-state index in [1.165, 1.54) is 49.3 Å². The highest BCUT2D eigenvalue weighted by atomic mass is 15.1. The molecule has 38 heavy (non-hydrogen) atoms. The normalized spacial score (nSPS) is 13.4. The highest BCUT2D eigenvalue weighted by molar-refractivity contribution is 6.10. The van der Waals surface area contributed by atoms with Crippen LogP contribution in [0.2, 0.25) is 0 Å². The predicted octanol–water partition coefficient (Wildman–Crippen LogP) is 9.71. The van der Waals surface area contributed by atoms with Crippen molar-refractivity contribution in [2.45, 2.75) is 78.6 Å². The maximum atomic E-state index is 5.20. The Bertz CT molecular complexity index is 1790. The van der Waals surface area contributed by atoms with Crippen LogP contribution in [-0.2, 0) is 16.2 Å². The Labute approximate surface area is 225 Å². The molecule has 0 unspecified atom stereocenters. The number of rotatable bonds is 1. The first-order valence-corrected chi connectivity index (χ1v) is 13.7. The van der Waals surface area contributed by atoms with Gasteiger partial charge in [0, 0.05) is 27.1 Å². The van der Waals surface area contributed by atoms with Crippen LogP contribution in [0.15, 0.2) is 66.7 Å². The van der Waals surface area contributed by atoms with Crippen molar-refractivity contribution in [3.8, 4) is 5.82 Å². The molecule has 0 saturated carbocycles. The summed E-state index contributed by atoms with van der Waals surface area (Å²) in [6.07, 6.45) is 0. The second-order valence-corrected chi connectivity index (χ2v) is 14.0. The van der Waals surface area contributed by atoms with Gasteiger partial charge in [0.25, 0.3) is 0 Å². The Morgan fingerprint density at radius 2 is 1.00 bits per heavy atom. The smallest absolute Gasteiger partial charge is 0.140 e. The van der Waals surface area contributed by atoms with Gasteiger partial charge < -0.3 is 4.98 Å². The number of fused-ring (bicyclic) bond motifs is 6. The minimum atomic E-state index is 0.0810. The molecular weight excluding hydrogens is 462 g/mol. The van der Waals surface area contributed by atoms with E-state index in [1.807, 2.05) is 0 Å². The quantitative estimate of drug-likeness (QED) is 0.239. The van der Waals surface area contributed by atoms with E-state index in [4.69, 9.17) is 4.98 Å². The van der Waals surface area contributed by atoms with Crippen LogP contribution in [0, 0.1) is 0 Å².